The number of carbonyl (C=O) groups is 1. The van der Waals surface area contributed by atoms with Gasteiger partial charge in [-0.2, -0.15) is 0 Å². The second kappa shape index (κ2) is 22.1. The molecule has 0 aromatic rings. The second-order valence-corrected chi connectivity index (χ2v) is 53.8. The van der Waals surface area contributed by atoms with Crippen LogP contribution in [0, 0.1) is 0 Å². The van der Waals surface area contributed by atoms with Crippen molar-refractivity contribution in [3.05, 3.63) is 11.6 Å². The number of carbonyl (C=O) groups excluding carboxylic acids is 1. The Balaban J connectivity index is 5.17. The fourth-order valence-corrected chi connectivity index (χ4v) is 34.6. The molecule has 0 aliphatic heterocycles. The number of rotatable bonds is 29. The van der Waals surface area contributed by atoms with Crippen LogP contribution in [0.1, 0.15) is 25.7 Å². The van der Waals surface area contributed by atoms with Gasteiger partial charge in [-0.15, -0.1) is 0 Å². The monoisotopic (exact) mass is 891 g/mol. The highest BCUT2D eigenvalue weighted by Crippen LogP contribution is 2.31. The second-order valence-electron chi connectivity index (χ2n) is 19.9. The van der Waals surface area contributed by atoms with Crippen LogP contribution in [0.3, 0.4) is 0 Å². The Kier molecular flexibility index (Phi) is 22.3. The molecule has 20 heteroatoms. The first-order chi connectivity index (χ1) is 23.5. The Morgan fingerprint density at radius 1 is 0.528 bits per heavy atom. The van der Waals surface area contributed by atoms with Crippen molar-refractivity contribution in [1.29, 1.82) is 0 Å². The number of aliphatic hydroxyl groups is 2. The zero-order valence-electron chi connectivity index (χ0n) is 36.9. The van der Waals surface area contributed by atoms with E-state index in [0.717, 1.165) is 0 Å². The largest absolute Gasteiger partial charge is 0.469 e. The van der Waals surface area contributed by atoms with Crippen LogP contribution in [0.2, 0.25) is 130 Å². The molecule has 0 bridgehead atoms. The number of primary amides is 1. The molecule has 316 valence electrons. The third kappa shape index (κ3) is 29.4. The van der Waals surface area contributed by atoms with Gasteiger partial charge >= 0.3 is 17.6 Å². The SMILES string of the molecule is C[Si](C)(C)O[Si](CCCOCC(O)C/C=C(/CC(O)COCCC[Si](O[Si](C)(C)C)(O[Si](C)(C)C)O[Si](C)(C)C)C(N)=O)(O[Si](C)(C)C)O[Si](C)(C)C. The molecule has 53 heavy (non-hydrogen) atoms. The van der Waals surface area contributed by atoms with Gasteiger partial charge in [-0.1, -0.05) is 6.08 Å². The molecule has 4 N–H and O–H groups in total. The van der Waals surface area contributed by atoms with Crippen LogP contribution < -0.4 is 5.73 Å². The summed E-state index contributed by atoms with van der Waals surface area (Å²) in [6.07, 6.45) is 1.34. The van der Waals surface area contributed by atoms with E-state index in [0.29, 0.717) is 38.1 Å². The van der Waals surface area contributed by atoms with Gasteiger partial charge in [0.05, 0.1) is 25.4 Å². The lowest BCUT2D eigenvalue weighted by atomic mass is 10.1. The molecule has 0 aliphatic carbocycles. The van der Waals surface area contributed by atoms with Gasteiger partial charge in [0, 0.05) is 37.3 Å². The summed E-state index contributed by atoms with van der Waals surface area (Å²) in [6, 6.07) is 1.29. The molecule has 0 aromatic heterocycles. The van der Waals surface area contributed by atoms with E-state index in [1.165, 1.54) is 0 Å². The summed E-state index contributed by atoms with van der Waals surface area (Å²) in [5, 5.41) is 21.3. The third-order valence-corrected chi connectivity index (χ3v) is 30.4. The highest BCUT2D eigenvalue weighted by Gasteiger charge is 2.50. The number of ether oxygens (including phenoxy) is 2. The highest BCUT2D eigenvalue weighted by molar-refractivity contribution is 6.91. The van der Waals surface area contributed by atoms with Crippen molar-refractivity contribution in [2.75, 3.05) is 26.4 Å². The molecule has 0 aliphatic rings. The van der Waals surface area contributed by atoms with Crippen LogP contribution in [0.25, 0.3) is 0 Å². The molecule has 12 nitrogen and oxygen atoms in total. The predicted molar refractivity (Wildman–Crippen MR) is 237 cm³/mol. The van der Waals surface area contributed by atoms with Crippen molar-refractivity contribution >= 4 is 73.4 Å². The van der Waals surface area contributed by atoms with Crippen LogP contribution >= 0.6 is 0 Å². The summed E-state index contributed by atoms with van der Waals surface area (Å²) in [4.78, 5) is 12.2. The molecule has 2 atom stereocenters. The van der Waals surface area contributed by atoms with Gasteiger partial charge in [0.1, 0.15) is 0 Å². The van der Waals surface area contributed by atoms with E-state index in [-0.39, 0.29) is 31.6 Å². The molecule has 1 amide bonds. The summed E-state index contributed by atoms with van der Waals surface area (Å²) in [6.45, 7) is 39.8. The van der Waals surface area contributed by atoms with E-state index in [4.69, 9.17) is 39.9 Å². The van der Waals surface area contributed by atoms with Gasteiger partial charge in [0.15, 0.2) is 49.9 Å². The molecule has 0 fully saturated rings. The average Bonchev–Trinajstić information content (AvgIpc) is 2.84. The topological polar surface area (TPSA) is 157 Å². The number of amides is 1. The van der Waals surface area contributed by atoms with Crippen LogP contribution in [0.5, 0.6) is 0 Å². The molecular weight excluding hydrogens is 811 g/mol. The highest BCUT2D eigenvalue weighted by atomic mass is 28.5. The minimum atomic E-state index is -2.96. The van der Waals surface area contributed by atoms with E-state index < -0.39 is 85.6 Å². The van der Waals surface area contributed by atoms with Gasteiger partial charge in [0.2, 0.25) is 5.91 Å². The predicted octanol–water partition coefficient (Wildman–Crippen LogP) is 7.70. The Bertz CT molecular complexity index is 1030. The average molecular weight is 893 g/mol. The van der Waals surface area contributed by atoms with E-state index in [9.17, 15) is 15.0 Å². The maximum atomic E-state index is 12.2. The normalized spacial score (nSPS) is 15.9. The first-order valence-electron chi connectivity index (χ1n) is 19.3. The third-order valence-electron chi connectivity index (χ3n) is 6.34. The summed E-state index contributed by atoms with van der Waals surface area (Å²) in [7, 11) is -17.7. The van der Waals surface area contributed by atoms with Gasteiger partial charge in [-0.05, 0) is 137 Å². The van der Waals surface area contributed by atoms with Gasteiger partial charge in [-0.3, -0.25) is 4.79 Å². The fraction of sp³-hybridized carbons (Fsp3) is 0.909. The van der Waals surface area contributed by atoms with E-state index >= 15 is 0 Å². The maximum absolute atomic E-state index is 12.2. The van der Waals surface area contributed by atoms with Crippen LogP contribution in [0.4, 0.5) is 0 Å². The number of hydrogen-bond acceptors (Lipinski definition) is 11. The van der Waals surface area contributed by atoms with Gasteiger partial charge in [0.25, 0.3) is 0 Å². The molecular formula is C33H81NO11Si8. The summed E-state index contributed by atoms with van der Waals surface area (Å²) in [5.74, 6) is -0.642. The smallest absolute Gasteiger partial charge is 0.417 e. The Labute approximate surface area is 332 Å². The lowest BCUT2D eigenvalue weighted by Crippen LogP contribution is -2.60. The maximum Gasteiger partial charge on any atom is 0.469 e. The van der Waals surface area contributed by atoms with Crippen LogP contribution in [0.15, 0.2) is 11.6 Å². The lowest BCUT2D eigenvalue weighted by Gasteiger charge is -2.43. The summed E-state index contributed by atoms with van der Waals surface area (Å²) in [5.41, 5.74) is 5.88. The molecule has 0 saturated carbocycles. The standard InChI is InChI=1S/C33H81NO11Si8/c1-46(2,3)40-52(41-47(4,5)6,42-48(7,8)9)25-19-23-38-28-31(35)22-21-30(33(34)37)27-32(36)29-39-24-20-26-53(43-49(10,11)12,44-50(13,14)15)45-51(16,17)18/h21,31-32,35-36H,19-20,22-29H2,1-18H3,(H2,34,37)/b30-21-. The summed E-state index contributed by atoms with van der Waals surface area (Å²) >= 11 is 0. The first-order valence-corrected chi connectivity index (χ1v) is 43.6. The van der Waals surface area contributed by atoms with Gasteiger partial charge < -0.3 is 50.1 Å². The van der Waals surface area contributed by atoms with E-state index in [1.54, 1.807) is 6.08 Å². The number of aliphatic hydroxyl groups excluding tert-OH is 2. The molecule has 0 saturated heterocycles. The molecule has 2 unspecified atom stereocenters. The molecule has 0 aromatic carbocycles. The van der Waals surface area contributed by atoms with Crippen molar-refractivity contribution in [2.24, 2.45) is 5.73 Å². The molecule has 0 spiro atoms. The molecule has 0 radical (unpaired) electrons. The Morgan fingerprint density at radius 2 is 0.811 bits per heavy atom. The van der Waals surface area contributed by atoms with Crippen molar-refractivity contribution in [3.63, 3.8) is 0 Å². The lowest BCUT2D eigenvalue weighted by molar-refractivity contribution is -0.115. The van der Waals surface area contributed by atoms with Crippen molar-refractivity contribution < 1.29 is 49.2 Å². The van der Waals surface area contributed by atoms with E-state index in [2.05, 4.69) is 118 Å². The Hall–Kier alpha value is 0.545. The van der Waals surface area contributed by atoms with Crippen LogP contribution in [-0.2, 0) is 39.0 Å². The fourth-order valence-electron chi connectivity index (χ4n) is 5.39. The van der Waals surface area contributed by atoms with Crippen molar-refractivity contribution in [2.45, 2.75) is 168 Å². The minimum Gasteiger partial charge on any atom is -0.417 e. The zero-order valence-corrected chi connectivity index (χ0v) is 44.9. The van der Waals surface area contributed by atoms with Crippen molar-refractivity contribution in [3.8, 4) is 0 Å². The molecule has 0 heterocycles. The minimum absolute atomic E-state index is 0.0236. The first kappa shape index (κ1) is 53.5. The van der Waals surface area contributed by atoms with Crippen LogP contribution in [-0.4, -0.2) is 122 Å². The van der Waals surface area contributed by atoms with E-state index in [1.807, 2.05) is 0 Å². The Morgan fingerprint density at radius 3 is 1.08 bits per heavy atom. The zero-order chi connectivity index (χ0) is 41.7. The molecule has 0 rings (SSSR count). The number of hydrogen-bond donors (Lipinski definition) is 3. The number of nitrogens with two attached hydrogens (primary N) is 1. The van der Waals surface area contributed by atoms with Crippen molar-refractivity contribution in [1.82, 2.24) is 0 Å². The quantitative estimate of drug-likeness (QED) is 0.0384. The summed E-state index contributed by atoms with van der Waals surface area (Å²) < 4.78 is 52.0. The van der Waals surface area contributed by atoms with Gasteiger partial charge in [-0.25, -0.2) is 0 Å².